The zero-order valence-electron chi connectivity index (χ0n) is 14.1. The fraction of sp³-hybridized carbons (Fsp3) is 0.625. The lowest BCUT2D eigenvalue weighted by atomic mass is 10.1. The number of nitrogens with zero attached hydrogens (tertiary/aromatic N) is 2. The topological polar surface area (TPSA) is 69.2 Å². The molecule has 0 bridgehead atoms. The Balaban J connectivity index is 2.43. The highest BCUT2D eigenvalue weighted by atomic mass is 32.1. The molecule has 0 saturated carbocycles. The van der Waals surface area contributed by atoms with E-state index in [0.717, 1.165) is 21.8 Å². The molecule has 0 radical (unpaired) electrons. The lowest BCUT2D eigenvalue weighted by Gasteiger charge is -2.32. The minimum absolute atomic E-state index is 0.0590. The van der Waals surface area contributed by atoms with Crippen LogP contribution in [-0.2, 0) is 0 Å². The van der Waals surface area contributed by atoms with Crippen LogP contribution in [-0.4, -0.2) is 38.7 Å². The van der Waals surface area contributed by atoms with Gasteiger partial charge in [-0.25, -0.2) is 4.98 Å². The van der Waals surface area contributed by atoms with Crippen LogP contribution in [0, 0.1) is 13.8 Å². The Labute approximate surface area is 135 Å². The molecule has 22 heavy (non-hydrogen) atoms. The third-order valence-corrected chi connectivity index (χ3v) is 5.10. The van der Waals surface area contributed by atoms with E-state index >= 15 is 0 Å². The molecule has 0 fully saturated rings. The van der Waals surface area contributed by atoms with Crippen LogP contribution < -0.4 is 5.56 Å². The average Bonchev–Trinajstić information content (AvgIpc) is 2.70. The standard InChI is InChI=1S/C16H25N3O2S/c1-7-19(8-16(5,6)21)10(3)13-17-14(20)12-9(2)11(4)22-15(12)18-13/h10,21H,7-8H2,1-6H3,(H,17,18,20). The summed E-state index contributed by atoms with van der Waals surface area (Å²) in [7, 11) is 0. The second kappa shape index (κ2) is 6.10. The van der Waals surface area contributed by atoms with Crippen molar-refractivity contribution in [2.45, 2.75) is 53.2 Å². The van der Waals surface area contributed by atoms with Crippen LogP contribution in [0.1, 0.15) is 50.0 Å². The fourth-order valence-electron chi connectivity index (χ4n) is 2.66. The van der Waals surface area contributed by atoms with E-state index < -0.39 is 5.60 Å². The van der Waals surface area contributed by atoms with Crippen LogP contribution in [0.25, 0.3) is 10.2 Å². The first-order valence-corrected chi connectivity index (χ1v) is 8.42. The maximum absolute atomic E-state index is 12.4. The maximum atomic E-state index is 12.4. The summed E-state index contributed by atoms with van der Waals surface area (Å²) >= 11 is 1.56. The number of likely N-dealkylation sites (N-methyl/N-ethyl adjacent to an activating group) is 1. The van der Waals surface area contributed by atoms with Crippen LogP contribution in [0.15, 0.2) is 4.79 Å². The second-order valence-corrected chi connectivity index (χ2v) is 7.67. The van der Waals surface area contributed by atoms with Crippen molar-refractivity contribution in [3.8, 4) is 0 Å². The van der Waals surface area contributed by atoms with Gasteiger partial charge < -0.3 is 10.1 Å². The summed E-state index contributed by atoms with van der Waals surface area (Å²) in [6.07, 6.45) is 0. The number of hydrogen-bond acceptors (Lipinski definition) is 5. The van der Waals surface area contributed by atoms with Gasteiger partial charge in [-0.1, -0.05) is 6.92 Å². The molecule has 1 atom stereocenters. The van der Waals surface area contributed by atoms with Crippen LogP contribution in [0.5, 0.6) is 0 Å². The number of fused-ring (bicyclic) bond motifs is 1. The summed E-state index contributed by atoms with van der Waals surface area (Å²) in [5, 5.41) is 10.7. The first-order valence-electron chi connectivity index (χ1n) is 7.60. The molecule has 0 spiro atoms. The molecule has 5 nitrogen and oxygen atoms in total. The molecule has 0 aromatic carbocycles. The van der Waals surface area contributed by atoms with Crippen molar-refractivity contribution in [3.05, 3.63) is 26.6 Å². The van der Waals surface area contributed by atoms with E-state index in [1.807, 2.05) is 27.7 Å². The predicted molar refractivity (Wildman–Crippen MR) is 91.7 cm³/mol. The number of aromatic amines is 1. The summed E-state index contributed by atoms with van der Waals surface area (Å²) in [5.41, 5.74) is 0.148. The quantitative estimate of drug-likeness (QED) is 0.888. The third-order valence-electron chi connectivity index (χ3n) is 4.00. The Kier molecular flexibility index (Phi) is 4.75. The number of thiophene rings is 1. The molecule has 122 valence electrons. The van der Waals surface area contributed by atoms with Crippen LogP contribution in [0.4, 0.5) is 0 Å². The van der Waals surface area contributed by atoms with Crippen LogP contribution in [0.2, 0.25) is 0 Å². The van der Waals surface area contributed by atoms with Crippen LogP contribution >= 0.6 is 11.3 Å². The number of nitrogens with one attached hydrogen (secondary N) is 1. The minimum atomic E-state index is -0.787. The molecule has 2 N–H and O–H groups in total. The molecule has 2 aromatic rings. The number of rotatable bonds is 5. The van der Waals surface area contributed by atoms with Gasteiger partial charge in [0.25, 0.3) is 5.56 Å². The first-order chi connectivity index (χ1) is 10.1. The summed E-state index contributed by atoms with van der Waals surface area (Å²) in [4.78, 5) is 24.0. The lowest BCUT2D eigenvalue weighted by molar-refractivity contribution is 0.0237. The highest BCUT2D eigenvalue weighted by Gasteiger charge is 2.24. The zero-order chi connectivity index (χ0) is 16.7. The Bertz CT molecular complexity index is 727. The van der Waals surface area contributed by atoms with Crippen molar-refractivity contribution in [1.82, 2.24) is 14.9 Å². The normalized spacial score (nSPS) is 14.0. The predicted octanol–water partition coefficient (Wildman–Crippen LogP) is 2.76. The molecule has 0 aliphatic carbocycles. The molecule has 2 heterocycles. The van der Waals surface area contributed by atoms with Gasteiger partial charge in [-0.2, -0.15) is 0 Å². The maximum Gasteiger partial charge on any atom is 0.259 e. The summed E-state index contributed by atoms with van der Waals surface area (Å²) < 4.78 is 0. The zero-order valence-corrected chi connectivity index (χ0v) is 15.0. The van der Waals surface area contributed by atoms with Gasteiger partial charge in [0.05, 0.1) is 17.0 Å². The van der Waals surface area contributed by atoms with Gasteiger partial charge in [-0.05, 0) is 46.7 Å². The highest BCUT2D eigenvalue weighted by molar-refractivity contribution is 7.18. The molecule has 6 heteroatoms. The molecular weight excluding hydrogens is 298 g/mol. The van der Waals surface area contributed by atoms with E-state index in [4.69, 9.17) is 0 Å². The van der Waals surface area contributed by atoms with Gasteiger partial charge in [0, 0.05) is 11.4 Å². The number of hydrogen-bond donors (Lipinski definition) is 2. The van der Waals surface area contributed by atoms with Gasteiger partial charge in [0.15, 0.2) is 0 Å². The monoisotopic (exact) mass is 323 g/mol. The molecular formula is C16H25N3O2S. The van der Waals surface area contributed by atoms with Crippen molar-refractivity contribution >= 4 is 21.6 Å². The summed E-state index contributed by atoms with van der Waals surface area (Å²) in [5.74, 6) is 0.657. The SMILES string of the molecule is CCN(CC(C)(C)O)C(C)c1nc2sc(C)c(C)c2c(=O)[nH]1. The second-order valence-electron chi connectivity index (χ2n) is 6.47. The smallest absolute Gasteiger partial charge is 0.259 e. The van der Waals surface area contributed by atoms with Crippen molar-refractivity contribution in [3.63, 3.8) is 0 Å². The van der Waals surface area contributed by atoms with Crippen molar-refractivity contribution in [2.24, 2.45) is 0 Å². The molecule has 0 aliphatic rings. The number of aryl methyl sites for hydroxylation is 2. The van der Waals surface area contributed by atoms with Crippen molar-refractivity contribution in [1.29, 1.82) is 0 Å². The van der Waals surface area contributed by atoms with Crippen molar-refractivity contribution in [2.75, 3.05) is 13.1 Å². The average molecular weight is 323 g/mol. The van der Waals surface area contributed by atoms with Gasteiger partial charge in [-0.15, -0.1) is 11.3 Å². The number of H-pyrrole nitrogens is 1. The fourth-order valence-corrected chi connectivity index (χ4v) is 3.70. The van der Waals surface area contributed by atoms with E-state index in [2.05, 4.69) is 14.9 Å². The third kappa shape index (κ3) is 3.39. The Morgan fingerprint density at radius 3 is 2.59 bits per heavy atom. The van der Waals surface area contributed by atoms with E-state index in [-0.39, 0.29) is 11.6 Å². The van der Waals surface area contributed by atoms with E-state index in [0.29, 0.717) is 17.8 Å². The largest absolute Gasteiger partial charge is 0.389 e. The Morgan fingerprint density at radius 2 is 2.05 bits per heavy atom. The van der Waals surface area contributed by atoms with E-state index in [1.54, 1.807) is 25.2 Å². The first kappa shape index (κ1) is 17.1. The molecule has 0 aliphatic heterocycles. The van der Waals surface area contributed by atoms with Gasteiger partial charge in [0.1, 0.15) is 10.7 Å². The Morgan fingerprint density at radius 1 is 1.41 bits per heavy atom. The van der Waals surface area contributed by atoms with Gasteiger partial charge >= 0.3 is 0 Å². The lowest BCUT2D eigenvalue weighted by Crippen LogP contribution is -2.40. The van der Waals surface area contributed by atoms with Crippen LogP contribution in [0.3, 0.4) is 0 Å². The van der Waals surface area contributed by atoms with Gasteiger partial charge in [0.2, 0.25) is 0 Å². The molecule has 2 aromatic heterocycles. The minimum Gasteiger partial charge on any atom is -0.389 e. The molecule has 2 rings (SSSR count). The summed E-state index contributed by atoms with van der Waals surface area (Å²) in [6.45, 7) is 12.9. The number of aromatic nitrogens is 2. The Hall–Kier alpha value is -1.24. The molecule has 0 amide bonds. The van der Waals surface area contributed by atoms with E-state index in [9.17, 15) is 9.90 Å². The molecule has 0 saturated heterocycles. The van der Waals surface area contributed by atoms with Gasteiger partial charge in [-0.3, -0.25) is 9.69 Å². The molecule has 1 unspecified atom stereocenters. The van der Waals surface area contributed by atoms with Crippen molar-refractivity contribution < 1.29 is 5.11 Å². The van der Waals surface area contributed by atoms with E-state index in [1.165, 1.54) is 0 Å². The number of aliphatic hydroxyl groups is 1. The highest BCUT2D eigenvalue weighted by Crippen LogP contribution is 2.27. The summed E-state index contributed by atoms with van der Waals surface area (Å²) in [6, 6.07) is -0.0590.